The Kier molecular flexibility index (Phi) is 6.01. The fourth-order valence-corrected chi connectivity index (χ4v) is 4.14. The molecule has 0 spiro atoms. The summed E-state index contributed by atoms with van der Waals surface area (Å²) in [6.07, 6.45) is 2.11. The Morgan fingerprint density at radius 1 is 1.00 bits per heavy atom. The number of methoxy groups -OCH3 is 1. The number of amides is 1. The minimum atomic E-state index is -0.199. The number of tetrazole rings is 1. The Morgan fingerprint density at radius 2 is 1.71 bits per heavy atom. The molecule has 4 aromatic rings. The van der Waals surface area contributed by atoms with Crippen LogP contribution in [0.3, 0.4) is 0 Å². The summed E-state index contributed by atoms with van der Waals surface area (Å²) in [5, 5.41) is 15.5. The van der Waals surface area contributed by atoms with Crippen molar-refractivity contribution in [3.05, 3.63) is 101 Å². The fourth-order valence-electron chi connectivity index (χ4n) is 4.14. The molecule has 0 saturated heterocycles. The van der Waals surface area contributed by atoms with Crippen LogP contribution in [-0.4, -0.2) is 39.8 Å². The summed E-state index contributed by atoms with van der Waals surface area (Å²) < 4.78 is 7.02. The Morgan fingerprint density at radius 3 is 2.43 bits per heavy atom. The van der Waals surface area contributed by atoms with Crippen molar-refractivity contribution in [3.8, 4) is 5.75 Å². The zero-order valence-electron chi connectivity index (χ0n) is 19.8. The van der Waals surface area contributed by atoms with Crippen LogP contribution >= 0.6 is 0 Å². The molecule has 2 heterocycles. The number of carbonyl (C=O) groups is 1. The van der Waals surface area contributed by atoms with Gasteiger partial charge < -0.3 is 10.1 Å². The number of anilines is 2. The highest BCUT2D eigenvalue weighted by Gasteiger charge is 2.32. The topological polar surface area (TPSA) is 85.2 Å². The second-order valence-electron chi connectivity index (χ2n) is 8.56. The van der Waals surface area contributed by atoms with Crippen LogP contribution in [0.15, 0.2) is 78.9 Å². The summed E-state index contributed by atoms with van der Waals surface area (Å²) >= 11 is 0. The van der Waals surface area contributed by atoms with E-state index in [1.54, 1.807) is 17.9 Å². The number of benzene rings is 3. The summed E-state index contributed by atoms with van der Waals surface area (Å²) in [7, 11) is 1.59. The predicted molar refractivity (Wildman–Crippen MR) is 135 cm³/mol. The zero-order chi connectivity index (χ0) is 24.4. The molecule has 1 atom stereocenters. The van der Waals surface area contributed by atoms with Crippen molar-refractivity contribution in [3.63, 3.8) is 0 Å². The van der Waals surface area contributed by atoms with Crippen molar-refractivity contribution in [1.29, 1.82) is 0 Å². The van der Waals surface area contributed by atoms with E-state index in [0.717, 1.165) is 22.4 Å². The molecule has 0 saturated carbocycles. The van der Waals surface area contributed by atoms with Gasteiger partial charge >= 0.3 is 0 Å². The van der Waals surface area contributed by atoms with Crippen molar-refractivity contribution in [2.45, 2.75) is 19.9 Å². The van der Waals surface area contributed by atoms with Gasteiger partial charge in [-0.1, -0.05) is 70.8 Å². The van der Waals surface area contributed by atoms with Gasteiger partial charge in [-0.3, -0.25) is 9.69 Å². The average molecular weight is 467 g/mol. The normalized spacial score (nSPS) is 14.8. The van der Waals surface area contributed by atoms with Crippen LogP contribution in [-0.2, 0) is 4.79 Å². The average Bonchev–Trinajstić information content (AvgIpc) is 3.36. The van der Waals surface area contributed by atoms with Gasteiger partial charge in [0.2, 0.25) is 5.91 Å². The van der Waals surface area contributed by atoms with Gasteiger partial charge in [-0.15, -0.1) is 0 Å². The highest BCUT2D eigenvalue weighted by molar-refractivity contribution is 5.97. The number of hydrogen-bond acceptors (Lipinski definition) is 6. The van der Waals surface area contributed by atoms with Gasteiger partial charge in [-0.2, -0.15) is 4.68 Å². The van der Waals surface area contributed by atoms with E-state index < -0.39 is 0 Å². The van der Waals surface area contributed by atoms with Crippen LogP contribution in [0.4, 0.5) is 11.6 Å². The standard InChI is InChI=1S/C27H26N6O2/c1-18-7-11-20(12-8-18)24-16-25(21-13-9-19(2)10-14-21)33-27(29-30-31-33)32(24)17-26(34)28-22-5-4-6-23(15-22)35-3/h4-16,25H,17H2,1-3H3,(H,28,34)/t25-/m0/s1. The minimum Gasteiger partial charge on any atom is -0.497 e. The Bertz CT molecular complexity index is 1380. The highest BCUT2D eigenvalue weighted by atomic mass is 16.5. The molecular weight excluding hydrogens is 440 g/mol. The van der Waals surface area contributed by atoms with E-state index in [9.17, 15) is 4.79 Å². The van der Waals surface area contributed by atoms with Crippen LogP contribution < -0.4 is 15.0 Å². The minimum absolute atomic E-state index is 0.0396. The number of rotatable bonds is 6. The number of ether oxygens (including phenoxy) is 1. The lowest BCUT2D eigenvalue weighted by molar-refractivity contribution is -0.114. The van der Waals surface area contributed by atoms with Gasteiger partial charge in [0.15, 0.2) is 0 Å². The number of nitrogens with one attached hydrogen (secondary N) is 1. The van der Waals surface area contributed by atoms with E-state index in [1.165, 1.54) is 5.56 Å². The molecule has 1 aromatic heterocycles. The number of fused-ring (bicyclic) bond motifs is 1. The maximum atomic E-state index is 13.1. The lowest BCUT2D eigenvalue weighted by Crippen LogP contribution is -2.37. The summed E-state index contributed by atoms with van der Waals surface area (Å²) in [5.41, 5.74) is 5.92. The van der Waals surface area contributed by atoms with E-state index in [-0.39, 0.29) is 18.5 Å². The highest BCUT2D eigenvalue weighted by Crippen LogP contribution is 2.36. The molecule has 1 amide bonds. The predicted octanol–water partition coefficient (Wildman–Crippen LogP) is 4.39. The molecule has 0 radical (unpaired) electrons. The lowest BCUT2D eigenvalue weighted by atomic mass is 9.99. The summed E-state index contributed by atoms with van der Waals surface area (Å²) in [5.74, 6) is 0.986. The number of aryl methyl sites for hydroxylation is 2. The van der Waals surface area contributed by atoms with Crippen LogP contribution in [0, 0.1) is 13.8 Å². The molecule has 3 aromatic carbocycles. The van der Waals surface area contributed by atoms with Crippen molar-refractivity contribution in [2.75, 3.05) is 23.9 Å². The summed E-state index contributed by atoms with van der Waals surface area (Å²) in [6, 6.07) is 23.6. The van der Waals surface area contributed by atoms with Gasteiger partial charge in [0.1, 0.15) is 18.3 Å². The van der Waals surface area contributed by atoms with Crippen molar-refractivity contribution in [1.82, 2.24) is 20.2 Å². The first-order chi connectivity index (χ1) is 17.0. The molecule has 1 aliphatic heterocycles. The monoisotopic (exact) mass is 466 g/mol. The molecule has 0 unspecified atom stereocenters. The van der Waals surface area contributed by atoms with Crippen LogP contribution in [0.25, 0.3) is 5.70 Å². The quantitative estimate of drug-likeness (QED) is 0.454. The van der Waals surface area contributed by atoms with Crippen LogP contribution in [0.5, 0.6) is 5.75 Å². The molecule has 0 bridgehead atoms. The second kappa shape index (κ2) is 9.42. The Hall–Kier alpha value is -4.46. The number of nitrogens with zero attached hydrogens (tertiary/aromatic N) is 5. The zero-order valence-corrected chi connectivity index (χ0v) is 19.8. The molecule has 5 rings (SSSR count). The Balaban J connectivity index is 1.52. The first-order valence-electron chi connectivity index (χ1n) is 11.4. The van der Waals surface area contributed by atoms with Gasteiger partial charge in [0.05, 0.1) is 12.8 Å². The van der Waals surface area contributed by atoms with E-state index in [0.29, 0.717) is 17.4 Å². The van der Waals surface area contributed by atoms with Gasteiger partial charge in [0, 0.05) is 11.8 Å². The number of aromatic nitrogens is 4. The van der Waals surface area contributed by atoms with Gasteiger partial charge in [-0.05, 0) is 53.6 Å². The molecule has 0 fully saturated rings. The third-order valence-corrected chi connectivity index (χ3v) is 6.01. The summed E-state index contributed by atoms with van der Waals surface area (Å²) in [6.45, 7) is 4.15. The largest absolute Gasteiger partial charge is 0.497 e. The van der Waals surface area contributed by atoms with Crippen molar-refractivity contribution >= 4 is 23.2 Å². The van der Waals surface area contributed by atoms with Gasteiger partial charge in [-0.25, -0.2) is 0 Å². The number of allylic oxidation sites excluding steroid dienone is 1. The molecule has 1 aliphatic rings. The van der Waals surface area contributed by atoms with Gasteiger partial charge in [0.25, 0.3) is 5.95 Å². The van der Waals surface area contributed by atoms with Crippen LogP contribution in [0.2, 0.25) is 0 Å². The van der Waals surface area contributed by atoms with Crippen LogP contribution in [0.1, 0.15) is 28.3 Å². The Labute approximate surface area is 203 Å². The summed E-state index contributed by atoms with van der Waals surface area (Å²) in [4.78, 5) is 15.0. The van der Waals surface area contributed by atoms with Crippen molar-refractivity contribution in [2.24, 2.45) is 0 Å². The maximum absolute atomic E-state index is 13.1. The molecule has 8 heteroatoms. The number of carbonyl (C=O) groups excluding carboxylic acids is 1. The molecule has 176 valence electrons. The lowest BCUT2D eigenvalue weighted by Gasteiger charge is -2.32. The van der Waals surface area contributed by atoms with E-state index >= 15 is 0 Å². The van der Waals surface area contributed by atoms with E-state index in [4.69, 9.17) is 4.74 Å². The van der Waals surface area contributed by atoms with E-state index in [1.807, 2.05) is 30.0 Å². The molecule has 0 aliphatic carbocycles. The first-order valence-corrected chi connectivity index (χ1v) is 11.4. The SMILES string of the molecule is COc1cccc(NC(=O)CN2C(c3ccc(C)cc3)=C[C@@H](c3ccc(C)cc3)n3nnnc32)c1. The molecule has 35 heavy (non-hydrogen) atoms. The van der Waals surface area contributed by atoms with E-state index in [2.05, 4.69) is 82.4 Å². The third kappa shape index (κ3) is 4.63. The van der Waals surface area contributed by atoms with Crippen molar-refractivity contribution < 1.29 is 9.53 Å². The maximum Gasteiger partial charge on any atom is 0.251 e. The molecule has 1 N–H and O–H groups in total. The third-order valence-electron chi connectivity index (χ3n) is 6.01. The molecular formula is C27H26N6O2. The first kappa shape index (κ1) is 22.3. The smallest absolute Gasteiger partial charge is 0.251 e. The molecule has 8 nitrogen and oxygen atoms in total. The fraction of sp³-hybridized carbons (Fsp3) is 0.185. The number of hydrogen-bond donors (Lipinski definition) is 1. The second-order valence-corrected chi connectivity index (χ2v) is 8.56.